The van der Waals surface area contributed by atoms with Crippen LogP contribution in [0, 0.1) is 5.41 Å². The van der Waals surface area contributed by atoms with Crippen molar-refractivity contribution in [3.8, 4) is 5.75 Å². The van der Waals surface area contributed by atoms with Gasteiger partial charge < -0.3 is 19.5 Å². The van der Waals surface area contributed by atoms with Gasteiger partial charge in [0.2, 0.25) is 0 Å². The van der Waals surface area contributed by atoms with Crippen LogP contribution in [0.25, 0.3) is 0 Å². The number of carbonyl (C=O) groups is 2. The van der Waals surface area contributed by atoms with E-state index in [1.165, 1.54) is 7.11 Å². The Labute approximate surface area is 164 Å². The molecule has 1 fully saturated rings. The summed E-state index contributed by atoms with van der Waals surface area (Å²) in [5.74, 6) is -0.411. The number of piperidine rings is 1. The molecule has 2 aromatic carbocycles. The van der Waals surface area contributed by atoms with Gasteiger partial charge >= 0.3 is 5.97 Å². The number of hydrogen-bond donors (Lipinski definition) is 1. The van der Waals surface area contributed by atoms with E-state index in [2.05, 4.69) is 0 Å². The quantitative estimate of drug-likeness (QED) is 0.794. The Kier molecular flexibility index (Phi) is 6.31. The summed E-state index contributed by atoms with van der Waals surface area (Å²) < 4.78 is 10.9. The number of carboxylic acids is 1. The fraction of sp³-hybridized carbons (Fsp3) is 0.364. The van der Waals surface area contributed by atoms with Crippen LogP contribution in [0.4, 0.5) is 0 Å². The minimum atomic E-state index is -1.04. The predicted molar refractivity (Wildman–Crippen MR) is 104 cm³/mol. The van der Waals surface area contributed by atoms with Crippen molar-refractivity contribution in [2.24, 2.45) is 5.41 Å². The Bertz CT molecular complexity index is 801. The summed E-state index contributed by atoms with van der Waals surface area (Å²) in [5.41, 5.74) is 0.547. The third-order valence-electron chi connectivity index (χ3n) is 5.09. The molecule has 1 atom stereocenters. The zero-order valence-electron chi connectivity index (χ0n) is 16.0. The Morgan fingerprint density at radius 3 is 2.46 bits per heavy atom. The Morgan fingerprint density at radius 1 is 1.11 bits per heavy atom. The lowest BCUT2D eigenvalue weighted by Crippen LogP contribution is -2.52. The second-order valence-electron chi connectivity index (χ2n) is 7.15. The Morgan fingerprint density at radius 2 is 1.82 bits per heavy atom. The van der Waals surface area contributed by atoms with Gasteiger partial charge in [0, 0.05) is 25.8 Å². The molecule has 0 aromatic heterocycles. The van der Waals surface area contributed by atoms with Gasteiger partial charge in [-0.3, -0.25) is 9.59 Å². The van der Waals surface area contributed by atoms with Gasteiger partial charge in [-0.2, -0.15) is 0 Å². The molecule has 3 rings (SSSR count). The second-order valence-corrected chi connectivity index (χ2v) is 7.15. The maximum absolute atomic E-state index is 12.9. The van der Waals surface area contributed by atoms with Crippen molar-refractivity contribution in [1.29, 1.82) is 0 Å². The number of amides is 1. The summed E-state index contributed by atoms with van der Waals surface area (Å²) in [4.78, 5) is 26.2. The van der Waals surface area contributed by atoms with Crippen LogP contribution in [0.3, 0.4) is 0 Å². The number of ether oxygens (including phenoxy) is 2. The zero-order valence-corrected chi connectivity index (χ0v) is 16.0. The number of likely N-dealkylation sites (tertiary alicyclic amines) is 1. The van der Waals surface area contributed by atoms with E-state index in [1.54, 1.807) is 29.2 Å². The first-order valence-corrected chi connectivity index (χ1v) is 9.32. The molecule has 6 nitrogen and oxygen atoms in total. The van der Waals surface area contributed by atoms with E-state index < -0.39 is 11.4 Å². The molecule has 0 radical (unpaired) electrons. The minimum absolute atomic E-state index is 0.0956. The van der Waals surface area contributed by atoms with E-state index in [0.29, 0.717) is 37.3 Å². The third kappa shape index (κ3) is 4.51. The van der Waals surface area contributed by atoms with Crippen LogP contribution in [0.5, 0.6) is 5.75 Å². The highest BCUT2D eigenvalue weighted by Gasteiger charge is 2.43. The maximum Gasteiger partial charge on any atom is 0.313 e. The van der Waals surface area contributed by atoms with Gasteiger partial charge in [0.05, 0.1) is 6.61 Å². The zero-order chi connectivity index (χ0) is 20.0. The third-order valence-corrected chi connectivity index (χ3v) is 5.09. The summed E-state index contributed by atoms with van der Waals surface area (Å²) in [7, 11) is 1.49. The topological polar surface area (TPSA) is 76.1 Å². The molecule has 148 valence electrons. The van der Waals surface area contributed by atoms with Crippen molar-refractivity contribution < 1.29 is 24.2 Å². The van der Waals surface area contributed by atoms with Crippen molar-refractivity contribution in [3.63, 3.8) is 0 Å². The number of carbonyl (C=O) groups excluding carboxylic acids is 1. The molecular formula is C22H25NO5. The standard InChI is InChI=1S/C22H25NO5/c1-27-16-22(21(25)26)12-5-13-23(15-22)20(24)18-8-10-19(11-9-18)28-14-17-6-3-2-4-7-17/h2-4,6-11H,5,12-16H2,1H3,(H,25,26). The van der Waals surface area contributed by atoms with Crippen LogP contribution in [0.15, 0.2) is 54.6 Å². The van der Waals surface area contributed by atoms with Crippen molar-refractivity contribution in [2.45, 2.75) is 19.4 Å². The Balaban J connectivity index is 1.64. The molecule has 1 unspecified atom stereocenters. The molecule has 1 heterocycles. The van der Waals surface area contributed by atoms with Crippen molar-refractivity contribution in [3.05, 3.63) is 65.7 Å². The molecular weight excluding hydrogens is 358 g/mol. The highest BCUT2D eigenvalue weighted by Crippen LogP contribution is 2.31. The van der Waals surface area contributed by atoms with E-state index in [4.69, 9.17) is 9.47 Å². The smallest absolute Gasteiger partial charge is 0.313 e. The van der Waals surface area contributed by atoms with Gasteiger partial charge in [0.1, 0.15) is 17.8 Å². The fourth-order valence-corrected chi connectivity index (χ4v) is 3.55. The van der Waals surface area contributed by atoms with E-state index in [1.807, 2.05) is 30.3 Å². The molecule has 1 aliphatic rings. The van der Waals surface area contributed by atoms with Gasteiger partial charge in [-0.15, -0.1) is 0 Å². The SMILES string of the molecule is COCC1(C(=O)O)CCCN(C(=O)c2ccc(OCc3ccccc3)cc2)C1. The van der Waals surface area contributed by atoms with E-state index >= 15 is 0 Å². The average molecular weight is 383 g/mol. The summed E-state index contributed by atoms with van der Waals surface area (Å²) in [6.07, 6.45) is 1.14. The van der Waals surface area contributed by atoms with Crippen LogP contribution in [0.2, 0.25) is 0 Å². The van der Waals surface area contributed by atoms with Gasteiger partial charge in [-0.25, -0.2) is 0 Å². The highest BCUT2D eigenvalue weighted by molar-refractivity contribution is 5.95. The summed E-state index contributed by atoms with van der Waals surface area (Å²) in [6, 6.07) is 16.8. The van der Waals surface area contributed by atoms with Crippen molar-refractivity contribution in [1.82, 2.24) is 4.90 Å². The number of hydrogen-bond acceptors (Lipinski definition) is 4. The number of benzene rings is 2. The minimum Gasteiger partial charge on any atom is -0.489 e. The first kappa shape index (κ1) is 19.9. The lowest BCUT2D eigenvalue weighted by molar-refractivity contribution is -0.155. The molecule has 0 bridgehead atoms. The van der Waals surface area contributed by atoms with E-state index in [0.717, 1.165) is 5.56 Å². The van der Waals surface area contributed by atoms with Gasteiger partial charge in [-0.1, -0.05) is 30.3 Å². The van der Waals surface area contributed by atoms with Crippen LogP contribution in [-0.2, 0) is 16.1 Å². The van der Waals surface area contributed by atoms with Gasteiger partial charge in [-0.05, 0) is 42.7 Å². The number of nitrogens with zero attached hydrogens (tertiary/aromatic N) is 1. The lowest BCUT2D eigenvalue weighted by atomic mass is 9.80. The molecule has 1 aliphatic heterocycles. The van der Waals surface area contributed by atoms with Gasteiger partial charge in [0.25, 0.3) is 5.91 Å². The fourth-order valence-electron chi connectivity index (χ4n) is 3.55. The number of methoxy groups -OCH3 is 1. The van der Waals surface area contributed by atoms with E-state index in [-0.39, 0.29) is 19.1 Å². The molecule has 1 N–H and O–H groups in total. The van der Waals surface area contributed by atoms with E-state index in [9.17, 15) is 14.7 Å². The normalized spacial score (nSPS) is 19.2. The molecule has 1 amide bonds. The molecule has 28 heavy (non-hydrogen) atoms. The molecule has 0 spiro atoms. The van der Waals surface area contributed by atoms with Crippen LogP contribution < -0.4 is 4.74 Å². The highest BCUT2D eigenvalue weighted by atomic mass is 16.5. The first-order valence-electron chi connectivity index (χ1n) is 9.32. The number of aliphatic carboxylic acids is 1. The largest absolute Gasteiger partial charge is 0.489 e. The predicted octanol–water partition coefficient (Wildman–Crippen LogP) is 3.22. The second kappa shape index (κ2) is 8.89. The molecule has 0 saturated carbocycles. The summed E-state index contributed by atoms with van der Waals surface area (Å²) >= 11 is 0. The monoisotopic (exact) mass is 383 g/mol. The molecule has 1 saturated heterocycles. The first-order chi connectivity index (χ1) is 13.5. The molecule has 6 heteroatoms. The number of carboxylic acid groups (broad SMARTS) is 1. The van der Waals surface area contributed by atoms with Gasteiger partial charge in [0.15, 0.2) is 0 Å². The summed E-state index contributed by atoms with van der Waals surface area (Å²) in [5, 5.41) is 9.64. The number of rotatable bonds is 7. The molecule has 0 aliphatic carbocycles. The van der Waals surface area contributed by atoms with Crippen LogP contribution in [-0.4, -0.2) is 48.7 Å². The molecule has 2 aromatic rings. The van der Waals surface area contributed by atoms with Crippen molar-refractivity contribution >= 4 is 11.9 Å². The van der Waals surface area contributed by atoms with Crippen LogP contribution >= 0.6 is 0 Å². The van der Waals surface area contributed by atoms with Crippen LogP contribution in [0.1, 0.15) is 28.8 Å². The van der Waals surface area contributed by atoms with Crippen molar-refractivity contribution in [2.75, 3.05) is 26.8 Å². The summed E-state index contributed by atoms with van der Waals surface area (Å²) in [6.45, 7) is 1.25. The average Bonchev–Trinajstić information content (AvgIpc) is 2.73. The Hall–Kier alpha value is -2.86. The lowest BCUT2D eigenvalue weighted by Gasteiger charge is -2.39. The maximum atomic E-state index is 12.9.